The van der Waals surface area contributed by atoms with Crippen molar-refractivity contribution in [2.75, 3.05) is 11.4 Å². The van der Waals surface area contributed by atoms with Crippen LogP contribution in [0, 0.1) is 0 Å². The van der Waals surface area contributed by atoms with Crippen LogP contribution in [-0.4, -0.2) is 12.6 Å². The van der Waals surface area contributed by atoms with Gasteiger partial charge in [0.25, 0.3) is 0 Å². The summed E-state index contributed by atoms with van der Waals surface area (Å²) in [5.74, 6) is 0. The summed E-state index contributed by atoms with van der Waals surface area (Å²) in [5, 5.41) is 0. The molecule has 0 saturated heterocycles. The molecule has 0 aliphatic rings. The standard InChI is InChI=1S/C15H25BrN2/c1-4-5-6-9-18(12(2)3)15-10-14(16)8-7-13(15)11-17/h7-8,10,12H,4-6,9,11,17H2,1-3H3. The second-order valence-electron chi connectivity index (χ2n) is 4.97. The number of nitrogens with zero attached hydrogens (tertiary/aromatic N) is 1. The van der Waals surface area contributed by atoms with Crippen molar-refractivity contribution in [2.24, 2.45) is 5.73 Å². The Bertz CT molecular complexity index is 364. The summed E-state index contributed by atoms with van der Waals surface area (Å²) in [4.78, 5) is 2.46. The topological polar surface area (TPSA) is 29.3 Å². The van der Waals surface area contributed by atoms with Crippen LogP contribution in [0.2, 0.25) is 0 Å². The molecule has 0 aliphatic carbocycles. The average molecular weight is 313 g/mol. The Morgan fingerprint density at radius 1 is 1.28 bits per heavy atom. The third kappa shape index (κ3) is 4.29. The van der Waals surface area contributed by atoms with E-state index in [1.807, 2.05) is 0 Å². The van der Waals surface area contributed by atoms with E-state index < -0.39 is 0 Å². The van der Waals surface area contributed by atoms with Crippen molar-refractivity contribution in [2.45, 2.75) is 52.6 Å². The van der Waals surface area contributed by atoms with Crippen LogP contribution < -0.4 is 10.6 Å². The van der Waals surface area contributed by atoms with E-state index in [1.165, 1.54) is 30.5 Å². The maximum atomic E-state index is 5.85. The Morgan fingerprint density at radius 3 is 2.56 bits per heavy atom. The molecule has 1 rings (SSSR count). The van der Waals surface area contributed by atoms with E-state index in [1.54, 1.807) is 0 Å². The largest absolute Gasteiger partial charge is 0.369 e. The first kappa shape index (κ1) is 15.5. The van der Waals surface area contributed by atoms with Crippen molar-refractivity contribution in [1.82, 2.24) is 0 Å². The van der Waals surface area contributed by atoms with Crippen LogP contribution in [0.4, 0.5) is 5.69 Å². The van der Waals surface area contributed by atoms with E-state index in [-0.39, 0.29) is 0 Å². The highest BCUT2D eigenvalue weighted by molar-refractivity contribution is 9.10. The average Bonchev–Trinajstić information content (AvgIpc) is 2.34. The lowest BCUT2D eigenvalue weighted by Crippen LogP contribution is -2.32. The molecule has 0 atom stereocenters. The molecule has 18 heavy (non-hydrogen) atoms. The smallest absolute Gasteiger partial charge is 0.0425 e. The molecule has 0 amide bonds. The summed E-state index contributed by atoms with van der Waals surface area (Å²) in [6.45, 7) is 8.43. The van der Waals surface area contributed by atoms with E-state index in [2.05, 4.69) is 59.8 Å². The van der Waals surface area contributed by atoms with Crippen molar-refractivity contribution in [3.8, 4) is 0 Å². The van der Waals surface area contributed by atoms with Crippen LogP contribution in [-0.2, 0) is 6.54 Å². The van der Waals surface area contributed by atoms with Crippen LogP contribution in [0.5, 0.6) is 0 Å². The van der Waals surface area contributed by atoms with Crippen molar-refractivity contribution >= 4 is 21.6 Å². The summed E-state index contributed by atoms with van der Waals surface area (Å²) in [6, 6.07) is 6.88. The lowest BCUT2D eigenvalue weighted by atomic mass is 10.1. The van der Waals surface area contributed by atoms with Gasteiger partial charge in [-0.05, 0) is 38.0 Å². The summed E-state index contributed by atoms with van der Waals surface area (Å²) < 4.78 is 1.12. The molecule has 102 valence electrons. The van der Waals surface area contributed by atoms with E-state index in [9.17, 15) is 0 Å². The molecule has 0 spiro atoms. The first-order valence-corrected chi connectivity index (χ1v) is 7.64. The lowest BCUT2D eigenvalue weighted by Gasteiger charge is -2.31. The fraction of sp³-hybridized carbons (Fsp3) is 0.600. The second kappa shape index (κ2) is 7.80. The number of unbranched alkanes of at least 4 members (excludes halogenated alkanes) is 2. The number of hydrogen-bond donors (Lipinski definition) is 1. The van der Waals surface area contributed by atoms with Gasteiger partial charge in [-0.1, -0.05) is 41.8 Å². The molecule has 3 heteroatoms. The molecule has 1 aromatic carbocycles. The third-order valence-corrected chi connectivity index (χ3v) is 3.70. The maximum absolute atomic E-state index is 5.85. The van der Waals surface area contributed by atoms with Gasteiger partial charge in [0.2, 0.25) is 0 Å². The number of hydrogen-bond acceptors (Lipinski definition) is 2. The predicted octanol–water partition coefficient (Wildman–Crippen LogP) is 4.31. The zero-order valence-corrected chi connectivity index (χ0v) is 13.3. The second-order valence-corrected chi connectivity index (χ2v) is 5.89. The Morgan fingerprint density at radius 2 is 2.00 bits per heavy atom. The van der Waals surface area contributed by atoms with Gasteiger partial charge >= 0.3 is 0 Å². The summed E-state index contributed by atoms with van der Waals surface area (Å²) in [5.41, 5.74) is 8.35. The molecular formula is C15H25BrN2. The van der Waals surface area contributed by atoms with Gasteiger partial charge in [-0.25, -0.2) is 0 Å². The summed E-state index contributed by atoms with van der Waals surface area (Å²) in [7, 11) is 0. The molecule has 2 nitrogen and oxygen atoms in total. The van der Waals surface area contributed by atoms with Gasteiger partial charge in [0.1, 0.15) is 0 Å². The van der Waals surface area contributed by atoms with Crippen LogP contribution in [0.25, 0.3) is 0 Å². The van der Waals surface area contributed by atoms with E-state index in [0.717, 1.165) is 11.0 Å². The van der Waals surface area contributed by atoms with Gasteiger partial charge < -0.3 is 10.6 Å². The zero-order chi connectivity index (χ0) is 13.5. The summed E-state index contributed by atoms with van der Waals surface area (Å²) in [6.07, 6.45) is 3.79. The van der Waals surface area contributed by atoms with Gasteiger partial charge in [0.15, 0.2) is 0 Å². The maximum Gasteiger partial charge on any atom is 0.0425 e. The highest BCUT2D eigenvalue weighted by Gasteiger charge is 2.13. The zero-order valence-electron chi connectivity index (χ0n) is 11.7. The predicted molar refractivity (Wildman–Crippen MR) is 84.0 cm³/mol. The van der Waals surface area contributed by atoms with Crippen molar-refractivity contribution in [1.29, 1.82) is 0 Å². The Kier molecular flexibility index (Phi) is 6.72. The van der Waals surface area contributed by atoms with Crippen LogP contribution in [0.15, 0.2) is 22.7 Å². The third-order valence-electron chi connectivity index (χ3n) is 3.20. The number of nitrogens with two attached hydrogens (primary N) is 1. The molecule has 1 aromatic rings. The Hall–Kier alpha value is -0.540. The Balaban J connectivity index is 2.93. The van der Waals surface area contributed by atoms with Gasteiger partial charge in [-0.15, -0.1) is 0 Å². The van der Waals surface area contributed by atoms with Crippen molar-refractivity contribution < 1.29 is 0 Å². The molecule has 0 unspecified atom stereocenters. The first-order chi connectivity index (χ1) is 8.60. The normalized spacial score (nSPS) is 11.0. The first-order valence-electron chi connectivity index (χ1n) is 6.85. The molecule has 0 radical (unpaired) electrons. The van der Waals surface area contributed by atoms with Crippen molar-refractivity contribution in [3.05, 3.63) is 28.2 Å². The molecule has 0 saturated carbocycles. The lowest BCUT2D eigenvalue weighted by molar-refractivity contribution is 0.623. The summed E-state index contributed by atoms with van der Waals surface area (Å²) >= 11 is 3.56. The number of benzene rings is 1. The minimum atomic E-state index is 0.501. The molecule has 0 fully saturated rings. The fourth-order valence-electron chi connectivity index (χ4n) is 2.17. The number of halogens is 1. The van der Waals surface area contributed by atoms with Gasteiger partial charge in [0, 0.05) is 29.3 Å². The molecule has 0 heterocycles. The van der Waals surface area contributed by atoms with Crippen LogP contribution in [0.1, 0.15) is 45.6 Å². The van der Waals surface area contributed by atoms with Crippen molar-refractivity contribution in [3.63, 3.8) is 0 Å². The van der Waals surface area contributed by atoms with Crippen LogP contribution >= 0.6 is 15.9 Å². The van der Waals surface area contributed by atoms with E-state index in [0.29, 0.717) is 12.6 Å². The fourth-order valence-corrected chi connectivity index (χ4v) is 2.51. The van der Waals surface area contributed by atoms with Crippen LogP contribution in [0.3, 0.4) is 0 Å². The highest BCUT2D eigenvalue weighted by Crippen LogP contribution is 2.27. The Labute approximate surface area is 120 Å². The van der Waals surface area contributed by atoms with E-state index in [4.69, 9.17) is 5.73 Å². The van der Waals surface area contributed by atoms with Gasteiger partial charge in [0.05, 0.1) is 0 Å². The molecule has 2 N–H and O–H groups in total. The monoisotopic (exact) mass is 312 g/mol. The SMILES string of the molecule is CCCCCN(c1cc(Br)ccc1CN)C(C)C. The van der Waals surface area contributed by atoms with E-state index >= 15 is 0 Å². The minimum Gasteiger partial charge on any atom is -0.369 e. The molecule has 0 bridgehead atoms. The van der Waals surface area contributed by atoms with Gasteiger partial charge in [-0.3, -0.25) is 0 Å². The number of anilines is 1. The molecule has 0 aromatic heterocycles. The number of rotatable bonds is 7. The van der Waals surface area contributed by atoms with Gasteiger partial charge in [-0.2, -0.15) is 0 Å². The molecular weight excluding hydrogens is 288 g/mol. The highest BCUT2D eigenvalue weighted by atomic mass is 79.9. The minimum absolute atomic E-state index is 0.501. The molecule has 0 aliphatic heterocycles. The quantitative estimate of drug-likeness (QED) is 0.760.